The van der Waals surface area contributed by atoms with Crippen molar-refractivity contribution in [3.05, 3.63) is 53.6 Å². The summed E-state index contributed by atoms with van der Waals surface area (Å²) in [4.78, 5) is 12.1. The van der Waals surface area contributed by atoms with Crippen LogP contribution >= 0.6 is 0 Å². The maximum absolute atomic E-state index is 12.1. The Kier molecular flexibility index (Phi) is 4.45. The van der Waals surface area contributed by atoms with Crippen molar-refractivity contribution in [3.8, 4) is 11.5 Å². The van der Waals surface area contributed by atoms with Crippen LogP contribution < -0.4 is 11.1 Å². The number of carbonyl (C=O) groups excluding carboxylic acids is 1. The van der Waals surface area contributed by atoms with E-state index in [9.17, 15) is 15.0 Å². The van der Waals surface area contributed by atoms with Crippen LogP contribution in [0.5, 0.6) is 11.5 Å². The maximum Gasteiger partial charge on any atom is 0.241 e. The van der Waals surface area contributed by atoms with Crippen LogP contribution in [0.2, 0.25) is 0 Å². The molecular weight excluding hydrogens is 268 g/mol. The van der Waals surface area contributed by atoms with Crippen LogP contribution in [0.3, 0.4) is 0 Å². The first-order valence-electron chi connectivity index (χ1n) is 6.59. The van der Waals surface area contributed by atoms with E-state index in [-0.39, 0.29) is 17.4 Å². The van der Waals surface area contributed by atoms with Gasteiger partial charge in [0.1, 0.15) is 11.5 Å². The number of hydrogen-bond donors (Lipinski definition) is 4. The molecule has 0 aliphatic rings. The molecule has 0 aliphatic heterocycles. The van der Waals surface area contributed by atoms with Gasteiger partial charge < -0.3 is 21.3 Å². The van der Waals surface area contributed by atoms with Crippen molar-refractivity contribution in [2.75, 3.05) is 5.32 Å². The van der Waals surface area contributed by atoms with Crippen LogP contribution in [-0.2, 0) is 11.2 Å². The highest BCUT2D eigenvalue weighted by atomic mass is 16.3. The molecule has 2 rings (SSSR count). The molecule has 5 nitrogen and oxygen atoms in total. The Bertz CT molecular complexity index is 638. The van der Waals surface area contributed by atoms with E-state index >= 15 is 0 Å². The molecule has 2 aromatic carbocycles. The van der Waals surface area contributed by atoms with E-state index in [1.807, 2.05) is 0 Å². The summed E-state index contributed by atoms with van der Waals surface area (Å²) >= 11 is 0. The molecule has 21 heavy (non-hydrogen) atoms. The third-order valence-electron chi connectivity index (χ3n) is 3.20. The second-order valence-corrected chi connectivity index (χ2v) is 4.97. The van der Waals surface area contributed by atoms with Gasteiger partial charge in [0.2, 0.25) is 5.91 Å². The number of anilines is 1. The molecule has 0 aromatic heterocycles. The number of amides is 1. The van der Waals surface area contributed by atoms with Crippen molar-refractivity contribution in [1.82, 2.24) is 0 Å². The first kappa shape index (κ1) is 14.9. The minimum absolute atomic E-state index is 0.152. The first-order chi connectivity index (χ1) is 9.95. The van der Waals surface area contributed by atoms with Crippen molar-refractivity contribution >= 4 is 11.6 Å². The summed E-state index contributed by atoms with van der Waals surface area (Å²) in [6.45, 7) is 1.79. The third-order valence-corrected chi connectivity index (χ3v) is 3.20. The van der Waals surface area contributed by atoms with Gasteiger partial charge in [-0.15, -0.1) is 0 Å². The Labute approximate surface area is 123 Å². The van der Waals surface area contributed by atoms with Crippen molar-refractivity contribution in [1.29, 1.82) is 0 Å². The Morgan fingerprint density at radius 1 is 1.14 bits per heavy atom. The van der Waals surface area contributed by atoms with Gasteiger partial charge in [0.25, 0.3) is 0 Å². The minimum atomic E-state index is -0.692. The highest BCUT2D eigenvalue weighted by Gasteiger charge is 2.15. The number of benzene rings is 2. The van der Waals surface area contributed by atoms with E-state index in [4.69, 9.17) is 5.73 Å². The number of rotatable bonds is 4. The number of carbonyl (C=O) groups is 1. The molecule has 0 aliphatic carbocycles. The van der Waals surface area contributed by atoms with Crippen LogP contribution in [0.1, 0.15) is 11.1 Å². The summed E-state index contributed by atoms with van der Waals surface area (Å²) in [5, 5.41) is 21.3. The molecule has 110 valence electrons. The lowest BCUT2D eigenvalue weighted by Crippen LogP contribution is -2.37. The molecule has 0 radical (unpaired) electrons. The van der Waals surface area contributed by atoms with Gasteiger partial charge in [-0.3, -0.25) is 4.79 Å². The van der Waals surface area contributed by atoms with E-state index < -0.39 is 6.04 Å². The van der Waals surface area contributed by atoms with E-state index in [1.54, 1.807) is 43.3 Å². The molecule has 0 fully saturated rings. The molecule has 0 bridgehead atoms. The van der Waals surface area contributed by atoms with Gasteiger partial charge in [-0.05, 0) is 54.8 Å². The predicted molar refractivity (Wildman–Crippen MR) is 81.3 cm³/mol. The Balaban J connectivity index is 2.00. The molecule has 0 heterocycles. The van der Waals surface area contributed by atoms with E-state index in [2.05, 4.69) is 5.32 Å². The zero-order chi connectivity index (χ0) is 15.4. The van der Waals surface area contributed by atoms with Gasteiger partial charge in [0, 0.05) is 5.69 Å². The lowest BCUT2D eigenvalue weighted by molar-refractivity contribution is -0.117. The highest BCUT2D eigenvalue weighted by molar-refractivity contribution is 5.95. The molecule has 2 aromatic rings. The topological polar surface area (TPSA) is 95.6 Å². The van der Waals surface area contributed by atoms with Gasteiger partial charge in [0.05, 0.1) is 6.04 Å². The summed E-state index contributed by atoms with van der Waals surface area (Å²) < 4.78 is 0. The average Bonchev–Trinajstić information content (AvgIpc) is 2.44. The van der Waals surface area contributed by atoms with Crippen LogP contribution in [0.15, 0.2) is 42.5 Å². The van der Waals surface area contributed by atoms with E-state index in [0.29, 0.717) is 12.1 Å². The Morgan fingerprint density at radius 2 is 1.76 bits per heavy atom. The van der Waals surface area contributed by atoms with Crippen molar-refractivity contribution in [2.24, 2.45) is 5.73 Å². The van der Waals surface area contributed by atoms with Gasteiger partial charge in [-0.1, -0.05) is 12.1 Å². The molecule has 0 saturated carbocycles. The number of phenols is 2. The summed E-state index contributed by atoms with van der Waals surface area (Å²) in [6.07, 6.45) is 0.378. The quantitative estimate of drug-likeness (QED) is 0.646. The molecule has 1 amide bonds. The normalized spacial score (nSPS) is 11.9. The van der Waals surface area contributed by atoms with Gasteiger partial charge in [0.15, 0.2) is 0 Å². The average molecular weight is 286 g/mol. The van der Waals surface area contributed by atoms with Crippen LogP contribution in [0.4, 0.5) is 5.69 Å². The lowest BCUT2D eigenvalue weighted by Gasteiger charge is -2.14. The maximum atomic E-state index is 12.1. The summed E-state index contributed by atoms with van der Waals surface area (Å²) in [7, 11) is 0. The smallest absolute Gasteiger partial charge is 0.241 e. The fourth-order valence-electron chi connectivity index (χ4n) is 1.99. The predicted octanol–water partition coefficient (Wildman–Crippen LogP) is 1.91. The number of aromatic hydroxyl groups is 2. The molecule has 5 N–H and O–H groups in total. The van der Waals surface area contributed by atoms with Gasteiger partial charge in [-0.25, -0.2) is 0 Å². The second kappa shape index (κ2) is 6.28. The summed E-state index contributed by atoms with van der Waals surface area (Å²) in [5.74, 6) is 0.0345. The number of nitrogens with one attached hydrogen (secondary N) is 1. The molecule has 0 spiro atoms. The number of aryl methyl sites for hydroxylation is 1. The Hall–Kier alpha value is -2.53. The zero-order valence-corrected chi connectivity index (χ0v) is 11.7. The SMILES string of the molecule is Cc1cc(O)ccc1NC(=O)[C@H](N)Cc1ccc(O)cc1. The highest BCUT2D eigenvalue weighted by Crippen LogP contribution is 2.20. The van der Waals surface area contributed by atoms with E-state index in [0.717, 1.165) is 11.1 Å². The van der Waals surface area contributed by atoms with Crippen LogP contribution in [-0.4, -0.2) is 22.2 Å². The first-order valence-corrected chi connectivity index (χ1v) is 6.59. The monoisotopic (exact) mass is 286 g/mol. The van der Waals surface area contributed by atoms with Crippen molar-refractivity contribution in [3.63, 3.8) is 0 Å². The molecule has 0 unspecified atom stereocenters. The molecule has 0 saturated heterocycles. The Morgan fingerprint density at radius 3 is 2.38 bits per heavy atom. The second-order valence-electron chi connectivity index (χ2n) is 4.97. The van der Waals surface area contributed by atoms with Crippen molar-refractivity contribution < 1.29 is 15.0 Å². The standard InChI is InChI=1S/C16H18N2O3/c1-10-8-13(20)6-7-15(10)18-16(21)14(17)9-11-2-4-12(19)5-3-11/h2-8,14,19-20H,9,17H2,1H3,(H,18,21)/t14-/m1/s1. The third kappa shape index (κ3) is 3.97. The number of phenolic OH excluding ortho intramolecular Hbond substituents is 2. The largest absolute Gasteiger partial charge is 0.508 e. The summed E-state index contributed by atoms with van der Waals surface area (Å²) in [5.41, 5.74) is 8.15. The molecular formula is C16H18N2O3. The fraction of sp³-hybridized carbons (Fsp3) is 0.188. The lowest BCUT2D eigenvalue weighted by atomic mass is 10.1. The van der Waals surface area contributed by atoms with E-state index in [1.165, 1.54) is 6.07 Å². The zero-order valence-electron chi connectivity index (χ0n) is 11.7. The van der Waals surface area contributed by atoms with Gasteiger partial charge >= 0.3 is 0 Å². The number of hydrogen-bond acceptors (Lipinski definition) is 4. The van der Waals surface area contributed by atoms with Crippen LogP contribution in [0, 0.1) is 6.92 Å². The fourth-order valence-corrected chi connectivity index (χ4v) is 1.99. The van der Waals surface area contributed by atoms with Crippen molar-refractivity contribution in [2.45, 2.75) is 19.4 Å². The molecule has 5 heteroatoms. The summed E-state index contributed by atoms with van der Waals surface area (Å²) in [6, 6.07) is 10.6. The number of nitrogens with two attached hydrogens (primary N) is 1. The minimum Gasteiger partial charge on any atom is -0.508 e. The van der Waals surface area contributed by atoms with Crippen LogP contribution in [0.25, 0.3) is 0 Å². The molecule has 1 atom stereocenters. The van der Waals surface area contributed by atoms with Gasteiger partial charge in [-0.2, -0.15) is 0 Å².